The molecule has 0 bridgehead atoms. The van der Waals surface area contributed by atoms with E-state index in [2.05, 4.69) is 50.4 Å². The Morgan fingerprint density at radius 3 is 2.85 bits per heavy atom. The molecule has 1 spiro atoms. The highest BCUT2D eigenvalue weighted by Crippen LogP contribution is 2.73. The smallest absolute Gasteiger partial charge is 0.155 e. The molecule has 1 N–H and O–H groups in total. The van der Waals surface area contributed by atoms with Crippen molar-refractivity contribution in [3.63, 3.8) is 0 Å². The third-order valence-corrected chi connectivity index (χ3v) is 12.0. The number of methoxy groups -OCH3 is 1. The highest BCUT2D eigenvalue weighted by molar-refractivity contribution is 8.01. The molecule has 1 unspecified atom stereocenters. The Labute approximate surface area is 202 Å². The summed E-state index contributed by atoms with van der Waals surface area (Å²) in [5.74, 6) is 2.37. The minimum Gasteiger partial charge on any atom is -0.387 e. The predicted molar refractivity (Wildman–Crippen MR) is 133 cm³/mol. The van der Waals surface area contributed by atoms with Gasteiger partial charge in [0, 0.05) is 28.6 Å². The van der Waals surface area contributed by atoms with E-state index in [0.717, 1.165) is 44.1 Å². The Bertz CT molecular complexity index is 1070. The third-order valence-electron chi connectivity index (χ3n) is 10.3. The first-order valence-electron chi connectivity index (χ1n) is 12.7. The summed E-state index contributed by atoms with van der Waals surface area (Å²) >= 11 is 2.06. The first kappa shape index (κ1) is 22.1. The number of ketones is 1. The molecule has 1 aromatic rings. The van der Waals surface area contributed by atoms with E-state index in [1.165, 1.54) is 21.6 Å². The second-order valence-corrected chi connectivity index (χ2v) is 13.1. The van der Waals surface area contributed by atoms with Crippen LogP contribution in [0.15, 0.2) is 41.3 Å². The number of thioether (sulfide) groups is 1. The van der Waals surface area contributed by atoms with Crippen LogP contribution in [0.5, 0.6) is 0 Å². The maximum Gasteiger partial charge on any atom is 0.155 e. The molecule has 1 aliphatic heterocycles. The Kier molecular flexibility index (Phi) is 4.91. The molecular formula is C29H36O3S. The fourth-order valence-corrected chi connectivity index (χ4v) is 10.6. The standard InChI is InChI=1S/C29H36O3S/c1-17(2)18-5-7-21-23-15-27(3)24(10-11-28(27,31)16-32-4)22-8-6-19-14-20(30)9-12-29(19,26(22)23)33-25(21)13-18/h5,7,13-14,22-24,26,31H,1,6,8-12,15-16H2,2-4H3/t22-,23+,24-,26?,27-,28+,29+/m0/s1. The summed E-state index contributed by atoms with van der Waals surface area (Å²) in [5.41, 5.74) is 4.25. The van der Waals surface area contributed by atoms with Gasteiger partial charge in [-0.1, -0.05) is 31.2 Å². The number of allylic oxidation sites excluding steroid dienone is 1. The van der Waals surface area contributed by atoms with Crippen LogP contribution in [0.1, 0.15) is 75.8 Å². The Morgan fingerprint density at radius 1 is 1.27 bits per heavy atom. The van der Waals surface area contributed by atoms with Gasteiger partial charge >= 0.3 is 0 Å². The average molecular weight is 465 g/mol. The lowest BCUT2D eigenvalue weighted by atomic mass is 9.46. The van der Waals surface area contributed by atoms with Crippen LogP contribution in [0.4, 0.5) is 0 Å². The van der Waals surface area contributed by atoms with Crippen molar-refractivity contribution in [2.75, 3.05) is 13.7 Å². The summed E-state index contributed by atoms with van der Waals surface area (Å²) in [7, 11) is 1.72. The normalized spacial score (nSPS) is 43.2. The van der Waals surface area contributed by atoms with E-state index in [9.17, 15) is 9.90 Å². The van der Waals surface area contributed by atoms with Gasteiger partial charge in [0.25, 0.3) is 0 Å². The first-order chi connectivity index (χ1) is 15.7. The number of fused-ring (bicyclic) bond motifs is 4. The molecule has 3 fully saturated rings. The molecule has 0 aromatic heterocycles. The van der Waals surface area contributed by atoms with Gasteiger partial charge in [0.1, 0.15) is 0 Å². The molecule has 6 rings (SSSR count). The van der Waals surface area contributed by atoms with Gasteiger partial charge in [-0.25, -0.2) is 0 Å². The van der Waals surface area contributed by atoms with Crippen molar-refractivity contribution in [3.05, 3.63) is 47.6 Å². The van der Waals surface area contributed by atoms with Crippen molar-refractivity contribution in [1.82, 2.24) is 0 Å². The number of ether oxygens (including phenoxy) is 1. The van der Waals surface area contributed by atoms with Gasteiger partial charge in [-0.05, 0) is 98.0 Å². The van der Waals surface area contributed by atoms with Crippen molar-refractivity contribution in [2.45, 2.75) is 80.0 Å². The van der Waals surface area contributed by atoms with E-state index >= 15 is 0 Å². The summed E-state index contributed by atoms with van der Waals surface area (Å²) < 4.78 is 5.61. The molecule has 5 aliphatic rings. The first-order valence-corrected chi connectivity index (χ1v) is 13.5. The largest absolute Gasteiger partial charge is 0.387 e. The van der Waals surface area contributed by atoms with Crippen molar-refractivity contribution < 1.29 is 14.6 Å². The number of hydrogen-bond donors (Lipinski definition) is 1. The third kappa shape index (κ3) is 2.87. The van der Waals surface area contributed by atoms with E-state index in [4.69, 9.17) is 4.74 Å². The van der Waals surface area contributed by atoms with Gasteiger partial charge in [0.2, 0.25) is 0 Å². The number of carbonyl (C=O) groups is 1. The summed E-state index contributed by atoms with van der Waals surface area (Å²) in [6.45, 7) is 9.04. The maximum atomic E-state index is 12.5. The molecule has 4 aliphatic carbocycles. The Hall–Kier alpha value is -1.36. The van der Waals surface area contributed by atoms with Crippen LogP contribution >= 0.6 is 11.8 Å². The minimum absolute atomic E-state index is 0.0332. The van der Waals surface area contributed by atoms with E-state index in [0.29, 0.717) is 42.5 Å². The lowest BCUT2D eigenvalue weighted by molar-refractivity contribution is -0.149. The molecule has 3 nitrogen and oxygen atoms in total. The summed E-state index contributed by atoms with van der Waals surface area (Å²) in [6, 6.07) is 6.93. The maximum absolute atomic E-state index is 12.5. The number of benzene rings is 1. The van der Waals surface area contributed by atoms with Gasteiger partial charge in [0.15, 0.2) is 5.78 Å². The molecule has 33 heavy (non-hydrogen) atoms. The van der Waals surface area contributed by atoms with Gasteiger partial charge in [-0.2, -0.15) is 0 Å². The molecule has 176 valence electrons. The van der Waals surface area contributed by atoms with Gasteiger partial charge in [-0.15, -0.1) is 11.8 Å². The molecule has 4 heteroatoms. The number of hydrogen-bond acceptors (Lipinski definition) is 4. The highest BCUT2D eigenvalue weighted by atomic mass is 32.2. The fourth-order valence-electron chi connectivity index (χ4n) is 8.75. The van der Waals surface area contributed by atoms with E-state index in [-0.39, 0.29) is 10.2 Å². The molecule has 7 atom stereocenters. The van der Waals surface area contributed by atoms with Crippen LogP contribution in [0, 0.1) is 23.2 Å². The summed E-state index contributed by atoms with van der Waals surface area (Å²) in [4.78, 5) is 13.8. The Balaban J connectivity index is 1.54. The molecule has 1 aromatic carbocycles. The van der Waals surface area contributed by atoms with Gasteiger partial charge in [0.05, 0.1) is 12.2 Å². The van der Waals surface area contributed by atoms with Crippen molar-refractivity contribution >= 4 is 23.1 Å². The zero-order valence-corrected chi connectivity index (χ0v) is 21.0. The van der Waals surface area contributed by atoms with Crippen LogP contribution in [-0.2, 0) is 9.53 Å². The van der Waals surface area contributed by atoms with Crippen molar-refractivity contribution in [1.29, 1.82) is 0 Å². The summed E-state index contributed by atoms with van der Waals surface area (Å²) in [5, 5.41) is 11.9. The van der Waals surface area contributed by atoms with Crippen LogP contribution in [0.2, 0.25) is 0 Å². The predicted octanol–water partition coefficient (Wildman–Crippen LogP) is 6.16. The fraction of sp³-hybridized carbons (Fsp3) is 0.621. The topological polar surface area (TPSA) is 46.5 Å². The van der Waals surface area contributed by atoms with Gasteiger partial charge < -0.3 is 9.84 Å². The van der Waals surface area contributed by atoms with Crippen molar-refractivity contribution in [3.8, 4) is 0 Å². The molecule has 0 saturated heterocycles. The molecular weight excluding hydrogens is 428 g/mol. The van der Waals surface area contributed by atoms with Crippen LogP contribution in [0.25, 0.3) is 5.57 Å². The van der Waals surface area contributed by atoms with Crippen LogP contribution in [0.3, 0.4) is 0 Å². The Morgan fingerprint density at radius 2 is 2.09 bits per heavy atom. The monoisotopic (exact) mass is 464 g/mol. The van der Waals surface area contributed by atoms with E-state index in [1.807, 2.05) is 6.08 Å². The minimum atomic E-state index is -0.758. The van der Waals surface area contributed by atoms with E-state index in [1.54, 1.807) is 7.11 Å². The zero-order chi connectivity index (χ0) is 23.2. The zero-order valence-electron chi connectivity index (χ0n) is 20.2. The number of aliphatic hydroxyl groups is 1. The van der Waals surface area contributed by atoms with Gasteiger partial charge in [-0.3, -0.25) is 4.79 Å². The summed E-state index contributed by atoms with van der Waals surface area (Å²) in [6.07, 6.45) is 8.73. The second kappa shape index (κ2) is 7.32. The molecule has 1 heterocycles. The molecule has 0 radical (unpaired) electrons. The lowest BCUT2D eigenvalue weighted by Gasteiger charge is -2.64. The SMILES string of the molecule is C=C(C)c1ccc2c(c1)S[C@]13CCC(=O)C=C1CC[C@@H]1C3[C@@H]2C[C@@]2(C)[C@H]1CC[C@@]2(O)COC. The quantitative estimate of drug-likeness (QED) is 0.582. The lowest BCUT2D eigenvalue weighted by Crippen LogP contribution is -2.61. The van der Waals surface area contributed by atoms with Crippen molar-refractivity contribution in [2.24, 2.45) is 23.2 Å². The number of carbonyl (C=O) groups excluding carboxylic acids is 1. The number of rotatable bonds is 3. The average Bonchev–Trinajstić information content (AvgIpc) is 3.04. The van der Waals surface area contributed by atoms with E-state index < -0.39 is 5.60 Å². The molecule has 0 amide bonds. The molecule has 3 saturated carbocycles. The second-order valence-electron chi connectivity index (χ2n) is 11.7. The van der Waals surface area contributed by atoms with Crippen LogP contribution < -0.4 is 0 Å². The van der Waals surface area contributed by atoms with Crippen LogP contribution in [-0.4, -0.2) is 35.0 Å². The highest BCUT2D eigenvalue weighted by Gasteiger charge is 2.68.